The molecule has 1 spiro atoms. The molecule has 27 heavy (non-hydrogen) atoms. The number of hydrogen-bond acceptors (Lipinski definition) is 4. The summed E-state index contributed by atoms with van der Waals surface area (Å²) in [5, 5.41) is 3.66. The predicted octanol–water partition coefficient (Wildman–Crippen LogP) is 3.69. The fourth-order valence-electron chi connectivity index (χ4n) is 3.53. The highest BCUT2D eigenvalue weighted by Gasteiger charge is 2.52. The van der Waals surface area contributed by atoms with Crippen LogP contribution in [0.15, 0.2) is 21.5 Å². The summed E-state index contributed by atoms with van der Waals surface area (Å²) >= 11 is 4.88. The van der Waals surface area contributed by atoms with E-state index in [-0.39, 0.29) is 17.6 Å². The van der Waals surface area contributed by atoms with Gasteiger partial charge in [0.05, 0.1) is 5.75 Å². The van der Waals surface area contributed by atoms with Gasteiger partial charge in [0.15, 0.2) is 0 Å². The molecule has 1 saturated carbocycles. The highest BCUT2D eigenvalue weighted by atomic mass is 79.9. The quantitative estimate of drug-likeness (QED) is 0.538. The molecular weight excluding hydrogens is 430 g/mol. The van der Waals surface area contributed by atoms with E-state index in [9.17, 15) is 14.4 Å². The summed E-state index contributed by atoms with van der Waals surface area (Å²) in [6.07, 6.45) is 3.03. The molecule has 4 amide bonds. The summed E-state index contributed by atoms with van der Waals surface area (Å²) in [7, 11) is 0. The molecule has 1 saturated heterocycles. The van der Waals surface area contributed by atoms with E-state index < -0.39 is 11.6 Å². The Morgan fingerprint density at radius 2 is 1.96 bits per heavy atom. The number of carbonyl (C=O) groups is 3. The number of halogens is 1. The van der Waals surface area contributed by atoms with Crippen LogP contribution >= 0.6 is 27.7 Å². The van der Waals surface area contributed by atoms with Gasteiger partial charge in [0.25, 0.3) is 5.91 Å². The average Bonchev–Trinajstić information content (AvgIpc) is 2.84. The van der Waals surface area contributed by atoms with Crippen LogP contribution in [0.5, 0.6) is 0 Å². The van der Waals surface area contributed by atoms with Gasteiger partial charge in [-0.3, -0.25) is 15.0 Å². The first-order valence-electron chi connectivity index (χ1n) is 9.07. The molecule has 2 N–H and O–H groups in total. The first-order valence-corrected chi connectivity index (χ1v) is 10.9. The Bertz CT molecular complexity index is 791. The molecule has 0 radical (unpaired) electrons. The van der Waals surface area contributed by atoms with Gasteiger partial charge in [-0.15, -0.1) is 11.8 Å². The van der Waals surface area contributed by atoms with Crippen LogP contribution < -0.4 is 10.7 Å². The Hall–Kier alpha value is -1.54. The van der Waals surface area contributed by atoms with E-state index in [4.69, 9.17) is 0 Å². The van der Waals surface area contributed by atoms with Gasteiger partial charge in [0.1, 0.15) is 5.54 Å². The summed E-state index contributed by atoms with van der Waals surface area (Å²) in [5.41, 5.74) is 3.79. The van der Waals surface area contributed by atoms with Crippen molar-refractivity contribution in [1.82, 2.24) is 15.8 Å². The summed E-state index contributed by atoms with van der Waals surface area (Å²) in [5.74, 6) is -0.0284. The van der Waals surface area contributed by atoms with Crippen molar-refractivity contribution >= 4 is 45.5 Å². The smallest absolute Gasteiger partial charge is 0.322 e. The Kier molecular flexibility index (Phi) is 5.86. The molecule has 0 aromatic heterocycles. The minimum absolute atomic E-state index is 0.128. The van der Waals surface area contributed by atoms with Crippen LogP contribution in [0.2, 0.25) is 0 Å². The second kappa shape index (κ2) is 7.83. The Morgan fingerprint density at radius 1 is 1.30 bits per heavy atom. The van der Waals surface area contributed by atoms with Crippen molar-refractivity contribution < 1.29 is 14.4 Å². The van der Waals surface area contributed by atoms with Crippen LogP contribution in [0.3, 0.4) is 0 Å². The Morgan fingerprint density at radius 3 is 2.63 bits per heavy atom. The van der Waals surface area contributed by atoms with Crippen molar-refractivity contribution in [2.45, 2.75) is 56.9 Å². The standard InChI is InChI=1S/C19H24BrN3O3S/c1-11-4-6-19(7-5-11)17(25)23(18(26)21-19)22-16(24)10-27-15-9-12(2)14(20)8-13(15)3/h8-9,11H,4-7,10H2,1-3H3,(H,21,26)(H,22,24). The van der Waals surface area contributed by atoms with Crippen molar-refractivity contribution in [3.05, 3.63) is 27.7 Å². The molecule has 146 valence electrons. The van der Waals surface area contributed by atoms with E-state index in [0.717, 1.165) is 38.3 Å². The second-order valence-electron chi connectivity index (χ2n) is 7.53. The minimum atomic E-state index is -0.844. The van der Waals surface area contributed by atoms with E-state index in [0.29, 0.717) is 18.8 Å². The normalized spacial score (nSPS) is 25.0. The number of imide groups is 1. The highest BCUT2D eigenvalue weighted by Crippen LogP contribution is 2.36. The van der Waals surface area contributed by atoms with Crippen molar-refractivity contribution in [3.63, 3.8) is 0 Å². The number of nitrogens with one attached hydrogen (secondary N) is 2. The molecule has 2 aliphatic rings. The lowest BCUT2D eigenvalue weighted by Crippen LogP contribution is -2.51. The molecule has 1 aliphatic carbocycles. The van der Waals surface area contributed by atoms with Crippen molar-refractivity contribution in [3.8, 4) is 0 Å². The largest absolute Gasteiger partial charge is 0.344 e. The fourth-order valence-corrected chi connectivity index (χ4v) is 4.88. The number of hydrogen-bond donors (Lipinski definition) is 2. The van der Waals surface area contributed by atoms with Gasteiger partial charge in [-0.05, 0) is 68.7 Å². The van der Waals surface area contributed by atoms with Crippen LogP contribution in [0.4, 0.5) is 4.79 Å². The number of nitrogens with zero attached hydrogens (tertiary/aromatic N) is 1. The second-order valence-corrected chi connectivity index (χ2v) is 9.40. The summed E-state index contributed by atoms with van der Waals surface area (Å²) in [4.78, 5) is 38.3. The zero-order valence-corrected chi connectivity index (χ0v) is 18.1. The van der Waals surface area contributed by atoms with Crippen LogP contribution in [0.1, 0.15) is 43.7 Å². The molecular formula is C19H24BrN3O3S. The monoisotopic (exact) mass is 453 g/mol. The minimum Gasteiger partial charge on any atom is -0.322 e. The van der Waals surface area contributed by atoms with E-state index in [1.807, 2.05) is 26.0 Å². The summed E-state index contributed by atoms with van der Waals surface area (Å²) in [6, 6.07) is 3.49. The third-order valence-corrected chi connectivity index (χ3v) is 7.35. The molecule has 1 heterocycles. The topological polar surface area (TPSA) is 78.5 Å². The van der Waals surface area contributed by atoms with E-state index >= 15 is 0 Å². The van der Waals surface area contributed by atoms with Crippen LogP contribution in [0.25, 0.3) is 0 Å². The molecule has 0 atom stereocenters. The van der Waals surface area contributed by atoms with Crippen molar-refractivity contribution in [1.29, 1.82) is 0 Å². The third kappa shape index (κ3) is 4.16. The fraction of sp³-hybridized carbons (Fsp3) is 0.526. The zero-order chi connectivity index (χ0) is 19.8. The maximum Gasteiger partial charge on any atom is 0.344 e. The molecule has 2 fully saturated rings. The number of thioether (sulfide) groups is 1. The van der Waals surface area contributed by atoms with Gasteiger partial charge < -0.3 is 5.32 Å². The lowest BCUT2D eigenvalue weighted by atomic mass is 9.77. The average molecular weight is 454 g/mol. The molecule has 1 aromatic rings. The van der Waals surface area contributed by atoms with Crippen molar-refractivity contribution in [2.75, 3.05) is 5.75 Å². The molecule has 8 heteroatoms. The predicted molar refractivity (Wildman–Crippen MR) is 108 cm³/mol. The number of hydrazine groups is 1. The van der Waals surface area contributed by atoms with Gasteiger partial charge in [-0.1, -0.05) is 22.9 Å². The Labute approximate surface area is 171 Å². The van der Waals surface area contributed by atoms with Crippen LogP contribution in [0, 0.1) is 19.8 Å². The summed E-state index contributed by atoms with van der Waals surface area (Å²) < 4.78 is 1.03. The lowest BCUT2D eigenvalue weighted by molar-refractivity contribution is -0.139. The van der Waals surface area contributed by atoms with Gasteiger partial charge >= 0.3 is 6.03 Å². The molecule has 6 nitrogen and oxygen atoms in total. The number of benzene rings is 1. The molecule has 1 aromatic carbocycles. The van der Waals surface area contributed by atoms with Gasteiger partial charge in [-0.25, -0.2) is 4.79 Å². The van der Waals surface area contributed by atoms with Gasteiger partial charge in [-0.2, -0.15) is 5.01 Å². The SMILES string of the molecule is Cc1cc(SCC(=O)NN2C(=O)NC3(CCC(C)CC3)C2=O)c(C)cc1Br. The number of carbonyl (C=O) groups excluding carboxylic acids is 3. The van der Waals surface area contributed by atoms with Gasteiger partial charge in [0, 0.05) is 9.37 Å². The first-order chi connectivity index (χ1) is 12.7. The van der Waals surface area contributed by atoms with E-state index in [1.54, 1.807) is 0 Å². The maximum atomic E-state index is 12.8. The molecule has 3 rings (SSSR count). The van der Waals surface area contributed by atoms with Crippen LogP contribution in [-0.2, 0) is 9.59 Å². The number of aryl methyl sites for hydroxylation is 2. The molecule has 0 unspecified atom stereocenters. The zero-order valence-electron chi connectivity index (χ0n) is 15.7. The number of urea groups is 1. The maximum absolute atomic E-state index is 12.8. The van der Waals surface area contributed by atoms with Gasteiger partial charge in [0.2, 0.25) is 5.91 Å². The van der Waals surface area contributed by atoms with E-state index in [1.165, 1.54) is 11.8 Å². The highest BCUT2D eigenvalue weighted by molar-refractivity contribution is 9.10. The number of rotatable bonds is 4. The summed E-state index contributed by atoms with van der Waals surface area (Å²) in [6.45, 7) is 6.12. The lowest BCUT2D eigenvalue weighted by Gasteiger charge is -2.33. The van der Waals surface area contributed by atoms with E-state index in [2.05, 4.69) is 33.6 Å². The molecule has 0 bridgehead atoms. The Balaban J connectivity index is 1.60. The van der Waals surface area contributed by atoms with Crippen LogP contribution in [-0.4, -0.2) is 34.1 Å². The molecule has 1 aliphatic heterocycles. The third-order valence-electron chi connectivity index (χ3n) is 5.34. The first kappa shape index (κ1) is 20.2. The number of amides is 4. The van der Waals surface area contributed by atoms with Crippen molar-refractivity contribution in [2.24, 2.45) is 5.92 Å².